The van der Waals surface area contributed by atoms with Gasteiger partial charge in [-0.1, -0.05) is 0 Å². The highest BCUT2D eigenvalue weighted by Gasteiger charge is 2.19. The number of halogens is 6. The lowest BCUT2D eigenvalue weighted by Crippen LogP contribution is -1.98. The fourth-order valence-electron chi connectivity index (χ4n) is 1.45. The molecule has 0 bridgehead atoms. The lowest BCUT2D eigenvalue weighted by molar-refractivity contribution is 0.494. The molecule has 0 atom stereocenters. The monoisotopic (exact) mass is 261 g/mol. The molecule has 0 saturated heterocycles. The van der Waals surface area contributed by atoms with E-state index in [9.17, 15) is 26.3 Å². The molecule has 18 heavy (non-hydrogen) atoms. The summed E-state index contributed by atoms with van der Waals surface area (Å²) in [7, 11) is 0. The van der Waals surface area contributed by atoms with Crippen LogP contribution >= 0.6 is 0 Å². The predicted molar refractivity (Wildman–Crippen MR) is 50.5 cm³/mol. The molecule has 0 aliphatic rings. The van der Waals surface area contributed by atoms with Crippen LogP contribution in [0.5, 0.6) is 0 Å². The van der Waals surface area contributed by atoms with E-state index in [1.165, 1.54) is 6.07 Å². The van der Waals surface area contributed by atoms with Gasteiger partial charge in [-0.3, -0.25) is 0 Å². The zero-order valence-corrected chi connectivity index (χ0v) is 8.50. The van der Waals surface area contributed by atoms with Gasteiger partial charge in [-0.15, -0.1) is 0 Å². The molecule has 0 heterocycles. The van der Waals surface area contributed by atoms with Crippen molar-refractivity contribution in [2.24, 2.45) is 0 Å². The van der Waals surface area contributed by atoms with E-state index < -0.39 is 46.0 Å². The van der Waals surface area contributed by atoms with Crippen LogP contribution in [0.3, 0.4) is 0 Å². The summed E-state index contributed by atoms with van der Waals surface area (Å²) in [6.07, 6.45) is 0. The third-order valence-electron chi connectivity index (χ3n) is 2.22. The van der Waals surface area contributed by atoms with Crippen LogP contribution < -0.4 is 0 Å². The molecule has 0 aliphatic heterocycles. The average Bonchev–Trinajstić information content (AvgIpc) is 2.24. The Morgan fingerprint density at radius 2 is 1.28 bits per heavy atom. The maximum atomic E-state index is 13.3. The first-order valence-corrected chi connectivity index (χ1v) is 4.62. The highest BCUT2D eigenvalue weighted by atomic mass is 19.2. The predicted octanol–water partition coefficient (Wildman–Crippen LogP) is 3.99. The molecule has 0 fully saturated rings. The first-order chi connectivity index (χ1) is 8.40. The fraction of sp³-hybridized carbons (Fsp3) is 0. The Morgan fingerprint density at radius 1 is 0.667 bits per heavy atom. The van der Waals surface area contributed by atoms with Crippen LogP contribution in [0.1, 0.15) is 0 Å². The Balaban J connectivity index is 2.73. The van der Waals surface area contributed by atoms with Gasteiger partial charge in [-0.25, -0.2) is 26.3 Å². The zero-order chi connectivity index (χ0) is 13.4. The smallest absolute Gasteiger partial charge is 0.161 e. The average molecular weight is 261 g/mol. The second-order valence-corrected chi connectivity index (χ2v) is 3.40. The Labute approximate surface area is 97.5 Å². The Bertz CT molecular complexity index is 597. The maximum absolute atomic E-state index is 13.3. The molecule has 0 spiro atoms. The number of benzene rings is 2. The van der Waals surface area contributed by atoms with Crippen molar-refractivity contribution in [1.82, 2.24) is 0 Å². The van der Waals surface area contributed by atoms with E-state index in [4.69, 9.17) is 0 Å². The molecule has 6 heteroatoms. The quantitative estimate of drug-likeness (QED) is 0.538. The molecule has 0 aliphatic carbocycles. The van der Waals surface area contributed by atoms with E-state index >= 15 is 0 Å². The third kappa shape index (κ3) is 2.05. The van der Waals surface area contributed by atoms with Crippen molar-refractivity contribution < 1.29 is 26.3 Å². The zero-order valence-electron chi connectivity index (χ0n) is 8.50. The van der Waals surface area contributed by atoms with Gasteiger partial charge < -0.3 is 0 Å². The van der Waals surface area contributed by atoms with Crippen molar-refractivity contribution in [1.29, 1.82) is 0 Å². The molecule has 2 rings (SSSR count). The summed E-state index contributed by atoms with van der Waals surface area (Å²) in [5.41, 5.74) is -1.85. The van der Waals surface area contributed by atoms with Crippen LogP contribution in [0.2, 0.25) is 0 Å². The van der Waals surface area contributed by atoms with Crippen LogP contribution in [-0.2, 0) is 0 Å². The minimum absolute atomic E-state index is 0.146. The summed E-state index contributed by atoms with van der Waals surface area (Å²) in [5, 5.41) is 0. The highest BCUT2D eigenvalue weighted by Crippen LogP contribution is 2.30. The SMILES string of the molecule is Fc1[c]c(F)c(-c2cc(F)c(F)cc2F)c(F)c1. The number of hydrogen-bond donors (Lipinski definition) is 0. The molecule has 93 valence electrons. The van der Waals surface area contributed by atoms with E-state index in [-0.39, 0.29) is 18.2 Å². The molecule has 2 aromatic rings. The van der Waals surface area contributed by atoms with Crippen molar-refractivity contribution in [3.8, 4) is 11.1 Å². The van der Waals surface area contributed by atoms with Crippen molar-refractivity contribution in [3.63, 3.8) is 0 Å². The van der Waals surface area contributed by atoms with Crippen LogP contribution in [0.15, 0.2) is 18.2 Å². The minimum atomic E-state index is -1.53. The minimum Gasteiger partial charge on any atom is -0.206 e. The van der Waals surface area contributed by atoms with Crippen LogP contribution in [0.25, 0.3) is 11.1 Å². The molecule has 0 amide bonds. The van der Waals surface area contributed by atoms with Gasteiger partial charge in [0.2, 0.25) is 0 Å². The second kappa shape index (κ2) is 4.36. The first-order valence-electron chi connectivity index (χ1n) is 4.62. The van der Waals surface area contributed by atoms with Crippen LogP contribution in [0, 0.1) is 41.0 Å². The van der Waals surface area contributed by atoms with Crippen molar-refractivity contribution in [2.45, 2.75) is 0 Å². The maximum Gasteiger partial charge on any atom is 0.161 e. The van der Waals surface area contributed by atoms with Gasteiger partial charge in [-0.05, 0) is 6.07 Å². The highest BCUT2D eigenvalue weighted by molar-refractivity contribution is 5.65. The van der Waals surface area contributed by atoms with Crippen molar-refractivity contribution >= 4 is 0 Å². The summed E-state index contributed by atoms with van der Waals surface area (Å²) in [6.45, 7) is 0. The molecular formula is C12H3F6. The number of rotatable bonds is 1. The van der Waals surface area contributed by atoms with Gasteiger partial charge in [-0.2, -0.15) is 0 Å². The number of hydrogen-bond acceptors (Lipinski definition) is 0. The molecule has 0 unspecified atom stereocenters. The van der Waals surface area contributed by atoms with Crippen LogP contribution in [-0.4, -0.2) is 0 Å². The summed E-state index contributed by atoms with van der Waals surface area (Å²) >= 11 is 0. The Morgan fingerprint density at radius 3 is 1.89 bits per heavy atom. The largest absolute Gasteiger partial charge is 0.206 e. The van der Waals surface area contributed by atoms with Gasteiger partial charge in [0.05, 0.1) is 11.6 Å². The first kappa shape index (κ1) is 12.5. The lowest BCUT2D eigenvalue weighted by Gasteiger charge is -2.07. The standard InChI is InChI=1S/C12H3F6/c13-5-1-10(17)12(11(18)2-5)6-3-8(15)9(16)4-7(6)14/h1,3-4H. The summed E-state index contributed by atoms with van der Waals surface area (Å²) < 4.78 is 78.1. The fourth-order valence-corrected chi connectivity index (χ4v) is 1.45. The third-order valence-corrected chi connectivity index (χ3v) is 2.22. The van der Waals surface area contributed by atoms with Crippen LogP contribution in [0.4, 0.5) is 26.3 Å². The van der Waals surface area contributed by atoms with Gasteiger partial charge >= 0.3 is 0 Å². The van der Waals surface area contributed by atoms with Gasteiger partial charge in [0, 0.05) is 17.7 Å². The molecule has 0 aromatic heterocycles. The topological polar surface area (TPSA) is 0 Å². The van der Waals surface area contributed by atoms with Gasteiger partial charge in [0.25, 0.3) is 0 Å². The second-order valence-electron chi connectivity index (χ2n) is 3.40. The summed E-state index contributed by atoms with van der Waals surface area (Å²) in [6, 6.07) is 2.18. The van der Waals surface area contributed by atoms with Crippen molar-refractivity contribution in [2.75, 3.05) is 0 Å². The summed E-state index contributed by atoms with van der Waals surface area (Å²) in [5.74, 6) is -8.63. The molecule has 0 N–H and O–H groups in total. The van der Waals surface area contributed by atoms with E-state index in [0.717, 1.165) is 0 Å². The Kier molecular flexibility index (Phi) is 3.02. The van der Waals surface area contributed by atoms with E-state index in [2.05, 4.69) is 0 Å². The lowest BCUT2D eigenvalue weighted by atomic mass is 10.0. The van der Waals surface area contributed by atoms with E-state index in [1.807, 2.05) is 0 Å². The molecule has 0 nitrogen and oxygen atoms in total. The van der Waals surface area contributed by atoms with E-state index in [1.54, 1.807) is 0 Å². The van der Waals surface area contributed by atoms with Gasteiger partial charge in [0.1, 0.15) is 23.3 Å². The Hall–Kier alpha value is -1.98. The van der Waals surface area contributed by atoms with Gasteiger partial charge in [0.15, 0.2) is 11.6 Å². The van der Waals surface area contributed by atoms with E-state index in [0.29, 0.717) is 0 Å². The molecule has 2 aromatic carbocycles. The molecular weight excluding hydrogens is 258 g/mol. The summed E-state index contributed by atoms with van der Waals surface area (Å²) in [4.78, 5) is 0. The normalized spacial score (nSPS) is 10.8. The van der Waals surface area contributed by atoms with Crippen molar-refractivity contribution in [3.05, 3.63) is 59.2 Å². The molecule has 1 radical (unpaired) electrons. The molecule has 0 saturated carbocycles.